The molecule has 4 nitrogen and oxygen atoms in total. The molecule has 1 atom stereocenters. The van der Waals surface area contributed by atoms with E-state index in [4.69, 9.17) is 4.74 Å². The summed E-state index contributed by atoms with van der Waals surface area (Å²) in [7, 11) is 0. The van der Waals surface area contributed by atoms with Gasteiger partial charge in [0.25, 0.3) is 0 Å². The number of para-hydroxylation sites is 1. The Balaban J connectivity index is 1.77. The number of aromatic nitrogens is 3. The number of pyridine rings is 1. The third kappa shape index (κ3) is 2.30. The minimum absolute atomic E-state index is 0.360. The van der Waals surface area contributed by atoms with Crippen LogP contribution in [0, 0.1) is 6.92 Å². The number of fused-ring (bicyclic) bond motifs is 3. The van der Waals surface area contributed by atoms with Gasteiger partial charge in [-0.15, -0.1) is 10.2 Å². The fourth-order valence-corrected chi connectivity index (χ4v) is 3.93. The van der Waals surface area contributed by atoms with Gasteiger partial charge < -0.3 is 4.74 Å². The van der Waals surface area contributed by atoms with Crippen molar-refractivity contribution in [3.05, 3.63) is 35.9 Å². The number of nitrogens with zero attached hydrogens (tertiary/aromatic N) is 3. The van der Waals surface area contributed by atoms with Crippen molar-refractivity contribution >= 4 is 28.3 Å². The zero-order chi connectivity index (χ0) is 14.2. The fourth-order valence-electron chi connectivity index (χ4n) is 2.91. The Kier molecular flexibility index (Phi) is 3.31. The van der Waals surface area contributed by atoms with E-state index in [1.807, 2.05) is 0 Å². The van der Waals surface area contributed by atoms with Crippen LogP contribution in [0.1, 0.15) is 18.4 Å². The molecule has 21 heavy (non-hydrogen) atoms. The largest absolute Gasteiger partial charge is 0.377 e. The predicted molar refractivity (Wildman–Crippen MR) is 84.9 cm³/mol. The summed E-state index contributed by atoms with van der Waals surface area (Å²) >= 11 is 1.74. The Hall–Kier alpha value is -1.59. The van der Waals surface area contributed by atoms with Crippen molar-refractivity contribution < 1.29 is 4.74 Å². The van der Waals surface area contributed by atoms with Crippen molar-refractivity contribution in [1.82, 2.24) is 14.6 Å². The van der Waals surface area contributed by atoms with Gasteiger partial charge in [0.05, 0.1) is 11.6 Å². The second kappa shape index (κ2) is 5.31. The first-order chi connectivity index (χ1) is 10.3. The van der Waals surface area contributed by atoms with Gasteiger partial charge >= 0.3 is 0 Å². The first-order valence-electron chi connectivity index (χ1n) is 7.31. The molecule has 1 aliphatic rings. The predicted octanol–water partition coefficient (Wildman–Crippen LogP) is 3.46. The molecule has 0 N–H and O–H groups in total. The van der Waals surface area contributed by atoms with E-state index < -0.39 is 0 Å². The van der Waals surface area contributed by atoms with Crippen LogP contribution in [0.25, 0.3) is 16.6 Å². The smallest absolute Gasteiger partial charge is 0.196 e. The molecule has 4 rings (SSSR count). The van der Waals surface area contributed by atoms with Crippen molar-refractivity contribution in [3.8, 4) is 0 Å². The summed E-state index contributed by atoms with van der Waals surface area (Å²) in [6, 6.07) is 10.5. The number of hydrogen-bond acceptors (Lipinski definition) is 4. The quantitative estimate of drug-likeness (QED) is 0.694. The molecule has 108 valence electrons. The van der Waals surface area contributed by atoms with E-state index in [1.165, 1.54) is 22.9 Å². The van der Waals surface area contributed by atoms with Gasteiger partial charge in [-0.2, -0.15) is 0 Å². The normalized spacial score (nSPS) is 18.8. The summed E-state index contributed by atoms with van der Waals surface area (Å²) in [5.74, 6) is 0.947. The average Bonchev–Trinajstić information content (AvgIpc) is 3.14. The van der Waals surface area contributed by atoms with Gasteiger partial charge in [-0.1, -0.05) is 30.0 Å². The van der Waals surface area contributed by atoms with Gasteiger partial charge in [0.2, 0.25) is 0 Å². The molecular weight excluding hydrogens is 282 g/mol. The zero-order valence-corrected chi connectivity index (χ0v) is 12.8. The van der Waals surface area contributed by atoms with Gasteiger partial charge in [0.1, 0.15) is 0 Å². The van der Waals surface area contributed by atoms with Gasteiger partial charge in [-0.25, -0.2) is 0 Å². The Labute approximate surface area is 127 Å². The van der Waals surface area contributed by atoms with Gasteiger partial charge in [0, 0.05) is 17.7 Å². The summed E-state index contributed by atoms with van der Waals surface area (Å²) < 4.78 is 7.85. The molecular formula is C16H17N3OS. The highest BCUT2D eigenvalue weighted by Gasteiger charge is 2.18. The van der Waals surface area contributed by atoms with Crippen LogP contribution in [0.5, 0.6) is 0 Å². The first kappa shape index (κ1) is 13.1. The van der Waals surface area contributed by atoms with E-state index in [0.717, 1.165) is 29.6 Å². The van der Waals surface area contributed by atoms with Crippen LogP contribution < -0.4 is 0 Å². The van der Waals surface area contributed by atoms with Crippen molar-refractivity contribution in [2.45, 2.75) is 31.0 Å². The Morgan fingerprint density at radius 3 is 3.10 bits per heavy atom. The lowest BCUT2D eigenvalue weighted by molar-refractivity contribution is 0.129. The zero-order valence-electron chi connectivity index (χ0n) is 12.0. The number of rotatable bonds is 3. The third-order valence-electron chi connectivity index (χ3n) is 4.00. The van der Waals surface area contributed by atoms with Gasteiger partial charge in [-0.3, -0.25) is 4.40 Å². The number of benzene rings is 1. The number of thioether (sulfide) groups is 1. The molecule has 0 unspecified atom stereocenters. The fraction of sp³-hybridized carbons (Fsp3) is 0.375. The Morgan fingerprint density at radius 1 is 1.33 bits per heavy atom. The lowest BCUT2D eigenvalue weighted by Gasteiger charge is -2.09. The van der Waals surface area contributed by atoms with Crippen molar-refractivity contribution in [3.63, 3.8) is 0 Å². The maximum Gasteiger partial charge on any atom is 0.196 e. The highest BCUT2D eigenvalue weighted by molar-refractivity contribution is 7.99. The topological polar surface area (TPSA) is 39.4 Å². The van der Waals surface area contributed by atoms with Crippen LogP contribution in [-0.2, 0) is 4.74 Å². The van der Waals surface area contributed by atoms with Crippen molar-refractivity contribution in [2.24, 2.45) is 0 Å². The summed E-state index contributed by atoms with van der Waals surface area (Å²) in [5.41, 5.74) is 3.33. The molecule has 1 aromatic carbocycles. The van der Waals surface area contributed by atoms with Crippen molar-refractivity contribution in [2.75, 3.05) is 12.4 Å². The van der Waals surface area contributed by atoms with Crippen molar-refractivity contribution in [1.29, 1.82) is 0 Å². The van der Waals surface area contributed by atoms with E-state index >= 15 is 0 Å². The maximum absolute atomic E-state index is 5.69. The molecule has 0 spiro atoms. The lowest BCUT2D eigenvalue weighted by atomic mass is 10.1. The van der Waals surface area contributed by atoms with Gasteiger partial charge in [-0.05, 0) is 37.5 Å². The lowest BCUT2D eigenvalue weighted by Crippen LogP contribution is -2.08. The summed E-state index contributed by atoms with van der Waals surface area (Å²) in [6.07, 6.45) is 2.69. The van der Waals surface area contributed by atoms with Crippen LogP contribution in [0.3, 0.4) is 0 Å². The first-order valence-corrected chi connectivity index (χ1v) is 8.29. The molecule has 0 radical (unpaired) electrons. The minimum Gasteiger partial charge on any atom is -0.377 e. The molecule has 5 heteroatoms. The number of ether oxygens (including phenoxy) is 1. The van der Waals surface area contributed by atoms with Gasteiger partial charge in [0.15, 0.2) is 10.8 Å². The van der Waals surface area contributed by atoms with Crippen LogP contribution >= 0.6 is 11.8 Å². The SMILES string of the molecule is Cc1cc2nnc(SC[C@H]3CCCO3)n2c2ccccc12. The van der Waals surface area contributed by atoms with E-state index in [1.54, 1.807) is 11.8 Å². The average molecular weight is 299 g/mol. The Morgan fingerprint density at radius 2 is 2.24 bits per heavy atom. The summed E-state index contributed by atoms with van der Waals surface area (Å²) in [5, 5.41) is 10.9. The second-order valence-electron chi connectivity index (χ2n) is 5.47. The highest BCUT2D eigenvalue weighted by atomic mass is 32.2. The van der Waals surface area contributed by atoms with E-state index in [0.29, 0.717) is 6.10 Å². The molecule has 0 aliphatic carbocycles. The van der Waals surface area contributed by atoms with Crippen LogP contribution in [0.2, 0.25) is 0 Å². The minimum atomic E-state index is 0.360. The molecule has 1 saturated heterocycles. The molecule has 1 fully saturated rings. The summed E-state index contributed by atoms with van der Waals surface area (Å²) in [4.78, 5) is 0. The molecule has 1 aliphatic heterocycles. The third-order valence-corrected chi connectivity index (χ3v) is 5.06. The maximum atomic E-state index is 5.69. The molecule has 3 heterocycles. The van der Waals surface area contributed by atoms with Crippen LogP contribution in [0.4, 0.5) is 0 Å². The molecule has 3 aromatic rings. The van der Waals surface area contributed by atoms with Crippen LogP contribution in [0.15, 0.2) is 35.5 Å². The molecule has 0 saturated carbocycles. The number of hydrogen-bond donors (Lipinski definition) is 0. The monoisotopic (exact) mass is 299 g/mol. The summed E-state index contributed by atoms with van der Waals surface area (Å²) in [6.45, 7) is 3.02. The molecule has 2 aromatic heterocycles. The standard InChI is InChI=1S/C16H17N3OS/c1-11-9-15-17-18-16(21-10-12-5-4-8-20-12)19(15)14-7-3-2-6-13(11)14/h2-3,6-7,9,12H,4-5,8,10H2,1H3/t12-/m1/s1. The number of aryl methyl sites for hydroxylation is 1. The highest BCUT2D eigenvalue weighted by Crippen LogP contribution is 2.27. The van der Waals surface area contributed by atoms with E-state index in [9.17, 15) is 0 Å². The Bertz CT molecular complexity index is 793. The van der Waals surface area contributed by atoms with Crippen LogP contribution in [-0.4, -0.2) is 33.1 Å². The van der Waals surface area contributed by atoms with E-state index in [2.05, 4.69) is 51.9 Å². The molecule has 0 bridgehead atoms. The molecule has 0 amide bonds. The second-order valence-corrected chi connectivity index (χ2v) is 6.45. The van der Waals surface area contributed by atoms with E-state index in [-0.39, 0.29) is 0 Å².